The van der Waals surface area contributed by atoms with E-state index in [2.05, 4.69) is 5.32 Å². The van der Waals surface area contributed by atoms with E-state index >= 15 is 0 Å². The van der Waals surface area contributed by atoms with Gasteiger partial charge in [-0.15, -0.1) is 0 Å². The summed E-state index contributed by atoms with van der Waals surface area (Å²) in [6.45, 7) is 2.62. The summed E-state index contributed by atoms with van der Waals surface area (Å²) in [6, 6.07) is 12.9. The van der Waals surface area contributed by atoms with E-state index < -0.39 is 6.10 Å². The molecular formula is C18H18ClNO3. The van der Waals surface area contributed by atoms with Gasteiger partial charge in [0.25, 0.3) is 5.91 Å². The fourth-order valence-corrected chi connectivity index (χ4v) is 2.66. The lowest BCUT2D eigenvalue weighted by Crippen LogP contribution is -2.27. The number of halogens is 1. The van der Waals surface area contributed by atoms with Crippen LogP contribution in [0.15, 0.2) is 42.5 Å². The van der Waals surface area contributed by atoms with E-state index in [0.29, 0.717) is 28.8 Å². The van der Waals surface area contributed by atoms with Gasteiger partial charge in [-0.25, -0.2) is 0 Å². The Labute approximate surface area is 140 Å². The van der Waals surface area contributed by atoms with Crippen molar-refractivity contribution in [1.29, 1.82) is 0 Å². The molecule has 2 aromatic carbocycles. The number of amides is 1. The predicted molar refractivity (Wildman–Crippen MR) is 90.3 cm³/mol. The molecule has 23 heavy (non-hydrogen) atoms. The maximum atomic E-state index is 12.3. The molecule has 1 aliphatic rings. The van der Waals surface area contributed by atoms with Crippen LogP contribution in [0.5, 0.6) is 11.5 Å². The number of aryl methyl sites for hydroxylation is 1. The first-order chi connectivity index (χ1) is 11.1. The number of carbonyl (C=O) groups excluding carboxylic acids is 1. The Hall–Kier alpha value is -2.04. The van der Waals surface area contributed by atoms with E-state index in [0.717, 1.165) is 18.4 Å². The average molecular weight is 332 g/mol. The predicted octanol–water partition coefficient (Wildman–Crippen LogP) is 4.56. The summed E-state index contributed by atoms with van der Waals surface area (Å²) in [5.74, 6) is 1.09. The summed E-state index contributed by atoms with van der Waals surface area (Å²) in [5.41, 5.74) is 1.64. The summed E-state index contributed by atoms with van der Waals surface area (Å²) in [6.07, 6.45) is 1.24. The lowest BCUT2D eigenvalue weighted by molar-refractivity contribution is -0.124. The van der Waals surface area contributed by atoms with E-state index in [9.17, 15) is 4.79 Å². The van der Waals surface area contributed by atoms with Crippen molar-refractivity contribution in [3.8, 4) is 11.5 Å². The molecule has 1 saturated heterocycles. The zero-order valence-corrected chi connectivity index (χ0v) is 13.6. The number of rotatable bonds is 4. The number of hydrogen-bond acceptors (Lipinski definition) is 3. The van der Waals surface area contributed by atoms with Crippen molar-refractivity contribution >= 4 is 23.2 Å². The maximum absolute atomic E-state index is 12.3. The molecular weight excluding hydrogens is 314 g/mol. The minimum absolute atomic E-state index is 0.168. The van der Waals surface area contributed by atoms with Crippen LogP contribution in [0, 0.1) is 6.92 Å². The van der Waals surface area contributed by atoms with Crippen LogP contribution in [0.25, 0.3) is 0 Å². The SMILES string of the molecule is Cc1cccc(Oc2ccc(Cl)cc2NC(=O)[C@@H]2CCCO2)c1. The Morgan fingerprint density at radius 2 is 2.17 bits per heavy atom. The molecule has 120 valence electrons. The summed E-state index contributed by atoms with van der Waals surface area (Å²) in [4.78, 5) is 12.3. The summed E-state index contributed by atoms with van der Waals surface area (Å²) in [5, 5.41) is 3.39. The molecule has 1 amide bonds. The molecule has 3 rings (SSSR count). The van der Waals surface area contributed by atoms with Gasteiger partial charge in [-0.2, -0.15) is 0 Å². The quantitative estimate of drug-likeness (QED) is 0.893. The molecule has 0 unspecified atom stereocenters. The average Bonchev–Trinajstić information content (AvgIpc) is 3.04. The highest BCUT2D eigenvalue weighted by Gasteiger charge is 2.24. The molecule has 0 spiro atoms. The minimum atomic E-state index is -0.402. The van der Waals surface area contributed by atoms with Gasteiger partial charge in [0.05, 0.1) is 5.69 Å². The van der Waals surface area contributed by atoms with Gasteiger partial charge in [0, 0.05) is 11.6 Å². The fourth-order valence-electron chi connectivity index (χ4n) is 2.49. The molecule has 1 fully saturated rings. The molecule has 0 bridgehead atoms. The van der Waals surface area contributed by atoms with E-state index in [1.165, 1.54) is 0 Å². The van der Waals surface area contributed by atoms with E-state index in [1.54, 1.807) is 18.2 Å². The Morgan fingerprint density at radius 1 is 1.30 bits per heavy atom. The number of anilines is 1. The zero-order chi connectivity index (χ0) is 16.2. The molecule has 1 atom stereocenters. The molecule has 1 N–H and O–H groups in total. The van der Waals surface area contributed by atoms with Crippen LogP contribution in [0.1, 0.15) is 18.4 Å². The van der Waals surface area contributed by atoms with Gasteiger partial charge in [0.15, 0.2) is 5.75 Å². The van der Waals surface area contributed by atoms with E-state index in [-0.39, 0.29) is 5.91 Å². The van der Waals surface area contributed by atoms with Crippen LogP contribution in [0.3, 0.4) is 0 Å². The number of hydrogen-bond donors (Lipinski definition) is 1. The van der Waals surface area contributed by atoms with Crippen molar-refractivity contribution in [2.24, 2.45) is 0 Å². The largest absolute Gasteiger partial charge is 0.455 e. The smallest absolute Gasteiger partial charge is 0.253 e. The lowest BCUT2D eigenvalue weighted by atomic mass is 10.2. The summed E-state index contributed by atoms with van der Waals surface area (Å²) < 4.78 is 11.3. The second-order valence-electron chi connectivity index (χ2n) is 5.55. The fraction of sp³-hybridized carbons (Fsp3) is 0.278. The third kappa shape index (κ3) is 4.03. The third-order valence-corrected chi connectivity index (χ3v) is 3.87. The first-order valence-electron chi connectivity index (χ1n) is 7.58. The van der Waals surface area contributed by atoms with Crippen LogP contribution >= 0.6 is 11.6 Å². The van der Waals surface area contributed by atoms with Crippen molar-refractivity contribution in [2.75, 3.05) is 11.9 Å². The lowest BCUT2D eigenvalue weighted by Gasteiger charge is -2.15. The summed E-state index contributed by atoms with van der Waals surface area (Å²) in [7, 11) is 0. The first kappa shape index (κ1) is 15.8. The molecule has 0 aromatic heterocycles. The number of benzene rings is 2. The molecule has 2 aromatic rings. The van der Waals surface area contributed by atoms with Gasteiger partial charge in [0.2, 0.25) is 0 Å². The highest BCUT2D eigenvalue weighted by atomic mass is 35.5. The monoisotopic (exact) mass is 331 g/mol. The number of carbonyl (C=O) groups is 1. The molecule has 0 aliphatic carbocycles. The van der Waals surface area contributed by atoms with Gasteiger partial charge in [-0.05, 0) is 55.7 Å². The van der Waals surface area contributed by atoms with E-state index in [4.69, 9.17) is 21.1 Å². The van der Waals surface area contributed by atoms with Gasteiger partial charge >= 0.3 is 0 Å². The molecule has 4 nitrogen and oxygen atoms in total. The van der Waals surface area contributed by atoms with Gasteiger partial charge in [-0.3, -0.25) is 4.79 Å². The molecule has 0 radical (unpaired) electrons. The van der Waals surface area contributed by atoms with Crippen molar-refractivity contribution in [3.05, 3.63) is 53.1 Å². The Kier molecular flexibility index (Phi) is 4.84. The van der Waals surface area contributed by atoms with Crippen molar-refractivity contribution in [1.82, 2.24) is 0 Å². The Bertz CT molecular complexity index is 711. The minimum Gasteiger partial charge on any atom is -0.455 e. The van der Waals surface area contributed by atoms with Crippen molar-refractivity contribution < 1.29 is 14.3 Å². The highest BCUT2D eigenvalue weighted by Crippen LogP contribution is 2.32. The Morgan fingerprint density at radius 3 is 2.91 bits per heavy atom. The van der Waals surface area contributed by atoms with Crippen LogP contribution in [-0.4, -0.2) is 18.6 Å². The second kappa shape index (κ2) is 7.02. The standard InChI is InChI=1S/C18H18ClNO3/c1-12-4-2-5-14(10-12)23-16-8-7-13(19)11-15(16)20-18(21)17-6-3-9-22-17/h2,4-5,7-8,10-11,17H,3,6,9H2,1H3,(H,20,21)/t17-/m0/s1. The second-order valence-corrected chi connectivity index (χ2v) is 5.99. The Balaban J connectivity index is 1.81. The van der Waals surface area contributed by atoms with Gasteiger partial charge < -0.3 is 14.8 Å². The van der Waals surface area contributed by atoms with Gasteiger partial charge in [-0.1, -0.05) is 23.7 Å². The third-order valence-electron chi connectivity index (χ3n) is 3.64. The topological polar surface area (TPSA) is 47.6 Å². The maximum Gasteiger partial charge on any atom is 0.253 e. The molecule has 1 heterocycles. The van der Waals surface area contributed by atoms with Crippen LogP contribution in [0.4, 0.5) is 5.69 Å². The highest BCUT2D eigenvalue weighted by molar-refractivity contribution is 6.31. The summed E-state index contributed by atoms with van der Waals surface area (Å²) >= 11 is 6.05. The van der Waals surface area contributed by atoms with Crippen LogP contribution in [0.2, 0.25) is 5.02 Å². The van der Waals surface area contributed by atoms with E-state index in [1.807, 2.05) is 31.2 Å². The van der Waals surface area contributed by atoms with Gasteiger partial charge in [0.1, 0.15) is 11.9 Å². The van der Waals surface area contributed by atoms with Crippen molar-refractivity contribution in [2.45, 2.75) is 25.9 Å². The number of nitrogens with one attached hydrogen (secondary N) is 1. The first-order valence-corrected chi connectivity index (χ1v) is 7.96. The van der Waals surface area contributed by atoms with Crippen molar-refractivity contribution in [3.63, 3.8) is 0 Å². The van der Waals surface area contributed by atoms with Crippen LogP contribution in [-0.2, 0) is 9.53 Å². The molecule has 0 saturated carbocycles. The van der Waals surface area contributed by atoms with Crippen LogP contribution < -0.4 is 10.1 Å². The molecule has 5 heteroatoms. The number of ether oxygens (including phenoxy) is 2. The normalized spacial score (nSPS) is 17.0. The molecule has 1 aliphatic heterocycles. The zero-order valence-electron chi connectivity index (χ0n) is 12.8.